The lowest BCUT2D eigenvalue weighted by atomic mass is 9.59. The third-order valence-corrected chi connectivity index (χ3v) is 10.5. The number of esters is 5. The van der Waals surface area contributed by atoms with Crippen molar-refractivity contribution >= 4 is 35.6 Å². The highest BCUT2D eigenvalue weighted by molar-refractivity contribution is 6.04. The van der Waals surface area contributed by atoms with E-state index in [2.05, 4.69) is 0 Å². The van der Waals surface area contributed by atoms with Crippen LogP contribution in [0.1, 0.15) is 74.7 Å². The van der Waals surface area contributed by atoms with Gasteiger partial charge < -0.3 is 33.5 Å². The summed E-state index contributed by atoms with van der Waals surface area (Å²) in [6.45, 7) is 10.6. The van der Waals surface area contributed by atoms with Crippen LogP contribution in [0.5, 0.6) is 5.75 Å². The number of benzene rings is 1. The largest absolute Gasteiger partial charge is 0.490 e. The van der Waals surface area contributed by atoms with E-state index in [-0.39, 0.29) is 30.6 Å². The van der Waals surface area contributed by atoms with Crippen LogP contribution in [0.3, 0.4) is 0 Å². The standard InChI is InChI=1S/C36H44O13/c1-18-14-35(43)27(28(18)47-23-12-10-9-11-13-23)30(48-26(41)17-44-19(2)37)36(49-22(5)40)15-24-25(16-33(6,7)29(24)42)34(8,31(35)45-20(3)38)32(36)46-21(4)39/h9-13,18,27-28,30-32,43H,14-17H2,1-8H3. The summed E-state index contributed by atoms with van der Waals surface area (Å²) in [5.41, 5.74) is -6.22. The zero-order chi connectivity index (χ0) is 36.3. The number of fused-ring (bicyclic) bond motifs is 4. The van der Waals surface area contributed by atoms with Gasteiger partial charge in [0.25, 0.3) is 0 Å². The van der Waals surface area contributed by atoms with Crippen molar-refractivity contribution in [2.75, 3.05) is 6.61 Å². The number of aliphatic hydroxyl groups is 1. The van der Waals surface area contributed by atoms with Crippen LogP contribution in [-0.2, 0) is 52.5 Å². The molecule has 0 amide bonds. The highest BCUT2D eigenvalue weighted by Gasteiger charge is 2.80. The second kappa shape index (κ2) is 12.6. The molecule has 9 unspecified atom stereocenters. The van der Waals surface area contributed by atoms with Gasteiger partial charge in [-0.15, -0.1) is 0 Å². The lowest BCUT2D eigenvalue weighted by molar-refractivity contribution is -0.238. The van der Waals surface area contributed by atoms with Crippen molar-refractivity contribution in [3.8, 4) is 5.75 Å². The van der Waals surface area contributed by atoms with Gasteiger partial charge in [-0.1, -0.05) is 39.0 Å². The molecule has 49 heavy (non-hydrogen) atoms. The molecule has 2 bridgehead atoms. The van der Waals surface area contributed by atoms with E-state index in [1.165, 1.54) is 6.92 Å². The van der Waals surface area contributed by atoms with Crippen LogP contribution < -0.4 is 4.74 Å². The minimum atomic E-state index is -2.16. The minimum Gasteiger partial charge on any atom is -0.490 e. The fraction of sp³-hybridized carbons (Fsp3) is 0.611. The molecule has 9 atom stereocenters. The number of Topliss-reactive ketones (excluding diaryl/α,β-unsaturated/α-hetero) is 1. The molecule has 0 aliphatic heterocycles. The number of hydrogen-bond acceptors (Lipinski definition) is 13. The molecule has 13 nitrogen and oxygen atoms in total. The van der Waals surface area contributed by atoms with Crippen molar-refractivity contribution in [3.05, 3.63) is 41.5 Å². The van der Waals surface area contributed by atoms with Gasteiger partial charge in [0.1, 0.15) is 23.6 Å². The van der Waals surface area contributed by atoms with Gasteiger partial charge in [0.15, 0.2) is 30.2 Å². The minimum absolute atomic E-state index is 0.0659. The Morgan fingerprint density at radius 3 is 2.02 bits per heavy atom. The van der Waals surface area contributed by atoms with Crippen LogP contribution in [0.25, 0.3) is 0 Å². The lowest BCUT2D eigenvalue weighted by Gasteiger charge is -2.54. The Morgan fingerprint density at radius 1 is 0.837 bits per heavy atom. The molecule has 0 aromatic heterocycles. The van der Waals surface area contributed by atoms with Gasteiger partial charge in [-0.25, -0.2) is 4.79 Å². The van der Waals surface area contributed by atoms with Gasteiger partial charge in [-0.05, 0) is 43.4 Å². The fourth-order valence-corrected chi connectivity index (χ4v) is 8.95. The second-order valence-electron chi connectivity index (χ2n) is 14.6. The molecule has 1 N–H and O–H groups in total. The summed E-state index contributed by atoms with van der Waals surface area (Å²) in [6.07, 6.45) is -6.04. The number of carbonyl (C=O) groups is 6. The van der Waals surface area contributed by atoms with Crippen LogP contribution in [0, 0.1) is 22.7 Å². The van der Waals surface area contributed by atoms with E-state index >= 15 is 0 Å². The van der Waals surface area contributed by atoms with Gasteiger partial charge >= 0.3 is 29.8 Å². The summed E-state index contributed by atoms with van der Waals surface area (Å²) in [7, 11) is 0. The van der Waals surface area contributed by atoms with Gasteiger partial charge in [-0.3, -0.25) is 24.0 Å². The van der Waals surface area contributed by atoms with E-state index < -0.39 is 94.7 Å². The number of para-hydroxylation sites is 1. The molecule has 0 saturated heterocycles. The van der Waals surface area contributed by atoms with Gasteiger partial charge in [-0.2, -0.15) is 0 Å². The Kier molecular flexibility index (Phi) is 9.24. The SMILES string of the molecule is CC(=O)OCC(=O)OC1C2C(Oc3ccccc3)C(C)CC2(O)C(OC(C)=O)C2(C)C3=C(CC1(OC(C)=O)C2OC(C)=O)C(=O)C(C)(C)C3. The number of ether oxygens (including phenoxy) is 6. The summed E-state index contributed by atoms with van der Waals surface area (Å²) in [6, 6.07) is 8.69. The quantitative estimate of drug-likeness (QED) is 0.312. The summed E-state index contributed by atoms with van der Waals surface area (Å²) in [4.78, 5) is 78.7. The summed E-state index contributed by atoms with van der Waals surface area (Å²) in [5, 5.41) is 13.2. The third kappa shape index (κ3) is 6.00. The summed E-state index contributed by atoms with van der Waals surface area (Å²) < 4.78 is 36.0. The van der Waals surface area contributed by atoms with Crippen molar-refractivity contribution in [3.63, 3.8) is 0 Å². The Labute approximate surface area is 284 Å². The van der Waals surface area contributed by atoms with E-state index in [0.29, 0.717) is 11.3 Å². The first-order valence-electron chi connectivity index (χ1n) is 16.4. The maximum atomic E-state index is 14.2. The highest BCUT2D eigenvalue weighted by Crippen LogP contribution is 2.67. The normalized spacial score (nSPS) is 35.7. The molecule has 0 spiro atoms. The van der Waals surface area contributed by atoms with E-state index in [9.17, 15) is 33.9 Å². The molecule has 4 aliphatic rings. The molecule has 13 heteroatoms. The molecule has 2 fully saturated rings. The molecule has 0 heterocycles. The monoisotopic (exact) mass is 684 g/mol. The van der Waals surface area contributed by atoms with Crippen molar-refractivity contribution in [2.24, 2.45) is 22.7 Å². The van der Waals surface area contributed by atoms with Crippen LogP contribution in [0.2, 0.25) is 0 Å². The molecule has 4 aliphatic carbocycles. The number of hydrogen-bond donors (Lipinski definition) is 1. The zero-order valence-electron chi connectivity index (χ0n) is 29.0. The van der Waals surface area contributed by atoms with Gasteiger partial charge in [0.2, 0.25) is 0 Å². The predicted molar refractivity (Wildman–Crippen MR) is 168 cm³/mol. The van der Waals surface area contributed by atoms with Crippen LogP contribution >= 0.6 is 0 Å². The van der Waals surface area contributed by atoms with E-state index in [0.717, 1.165) is 20.8 Å². The average Bonchev–Trinajstić information content (AvgIpc) is 3.37. The first-order chi connectivity index (χ1) is 22.8. The van der Waals surface area contributed by atoms with Crippen LogP contribution in [0.4, 0.5) is 0 Å². The number of ketones is 1. The average molecular weight is 685 g/mol. The van der Waals surface area contributed by atoms with Gasteiger partial charge in [0.05, 0.1) is 11.3 Å². The lowest BCUT2D eigenvalue weighted by Crippen LogP contribution is -2.67. The maximum Gasteiger partial charge on any atom is 0.344 e. The molecule has 5 rings (SSSR count). The molecular formula is C36H44O13. The zero-order valence-corrected chi connectivity index (χ0v) is 29.0. The smallest absolute Gasteiger partial charge is 0.344 e. The second-order valence-corrected chi connectivity index (χ2v) is 14.6. The molecule has 2 saturated carbocycles. The molecule has 1 aromatic carbocycles. The Morgan fingerprint density at radius 2 is 1.45 bits per heavy atom. The summed E-state index contributed by atoms with van der Waals surface area (Å²) >= 11 is 0. The third-order valence-electron chi connectivity index (χ3n) is 10.5. The van der Waals surface area contributed by atoms with Crippen LogP contribution in [-0.4, -0.2) is 83.0 Å². The number of carbonyl (C=O) groups excluding carboxylic acids is 6. The maximum absolute atomic E-state index is 14.2. The first kappa shape index (κ1) is 36.0. The number of rotatable bonds is 8. The van der Waals surface area contributed by atoms with Crippen molar-refractivity contribution in [1.82, 2.24) is 0 Å². The molecule has 266 valence electrons. The Balaban J connectivity index is 1.88. The Hall–Kier alpha value is -4.26. The Bertz CT molecular complexity index is 1600. The van der Waals surface area contributed by atoms with Crippen molar-refractivity contribution in [1.29, 1.82) is 0 Å². The molecule has 1 aromatic rings. The first-order valence-corrected chi connectivity index (χ1v) is 16.4. The van der Waals surface area contributed by atoms with Crippen molar-refractivity contribution in [2.45, 2.75) is 110 Å². The molecular weight excluding hydrogens is 640 g/mol. The van der Waals surface area contributed by atoms with Gasteiger partial charge in [0, 0.05) is 45.1 Å². The van der Waals surface area contributed by atoms with E-state index in [4.69, 9.17) is 28.4 Å². The fourth-order valence-electron chi connectivity index (χ4n) is 8.95. The van der Waals surface area contributed by atoms with E-state index in [1.54, 1.807) is 51.1 Å². The topological polar surface area (TPSA) is 178 Å². The van der Waals surface area contributed by atoms with Crippen molar-refractivity contribution < 1.29 is 62.3 Å². The predicted octanol–water partition coefficient (Wildman–Crippen LogP) is 3.18. The summed E-state index contributed by atoms with van der Waals surface area (Å²) in [5.74, 6) is -5.98. The van der Waals surface area contributed by atoms with E-state index in [1.807, 2.05) is 6.92 Å². The van der Waals surface area contributed by atoms with Crippen LogP contribution in [0.15, 0.2) is 41.5 Å². The highest BCUT2D eigenvalue weighted by atomic mass is 16.6. The molecule has 0 radical (unpaired) electrons.